The average Bonchev–Trinajstić information content (AvgIpc) is 2.77. The molecule has 1 heterocycles. The molecule has 1 aliphatic rings. The number of carbonyl (C=O) groups is 2. The zero-order chi connectivity index (χ0) is 13.3. The molecule has 18 heavy (non-hydrogen) atoms. The molecule has 1 saturated heterocycles. The van der Waals surface area contributed by atoms with E-state index in [9.17, 15) is 9.59 Å². The lowest BCUT2D eigenvalue weighted by Crippen LogP contribution is -2.40. The molecule has 2 rings (SSSR count). The highest BCUT2D eigenvalue weighted by Crippen LogP contribution is 2.24. The van der Waals surface area contributed by atoms with Crippen molar-refractivity contribution < 1.29 is 14.7 Å². The molecule has 1 fully saturated rings. The molecule has 0 bridgehead atoms. The normalized spacial score (nSPS) is 19.0. The zero-order valence-corrected chi connectivity index (χ0v) is 10.8. The number of hydrogen-bond donors (Lipinski definition) is 1. The molecule has 1 atom stereocenters. The largest absolute Gasteiger partial charge is 0.480 e. The van der Waals surface area contributed by atoms with Crippen LogP contribution in [-0.4, -0.2) is 34.5 Å². The van der Waals surface area contributed by atoms with Crippen LogP contribution in [0.2, 0.25) is 5.02 Å². The van der Waals surface area contributed by atoms with E-state index in [2.05, 4.69) is 0 Å². The quantitative estimate of drug-likeness (QED) is 0.895. The second kappa shape index (κ2) is 4.98. The number of hydrogen-bond acceptors (Lipinski definition) is 2. The number of carboxylic acids is 1. The summed E-state index contributed by atoms with van der Waals surface area (Å²) in [7, 11) is 0. The maximum atomic E-state index is 12.3. The fraction of sp³-hybridized carbons (Fsp3) is 0.385. The number of carboxylic acid groups (broad SMARTS) is 1. The van der Waals surface area contributed by atoms with Crippen molar-refractivity contribution in [3.63, 3.8) is 0 Å². The van der Waals surface area contributed by atoms with E-state index in [1.807, 2.05) is 6.92 Å². The average molecular weight is 268 g/mol. The smallest absolute Gasteiger partial charge is 0.326 e. The maximum Gasteiger partial charge on any atom is 0.326 e. The van der Waals surface area contributed by atoms with Crippen LogP contribution in [0.1, 0.15) is 28.8 Å². The van der Waals surface area contributed by atoms with E-state index >= 15 is 0 Å². The highest BCUT2D eigenvalue weighted by Gasteiger charge is 2.34. The number of nitrogens with zero attached hydrogens (tertiary/aromatic N) is 1. The summed E-state index contributed by atoms with van der Waals surface area (Å²) in [6, 6.07) is 4.43. The molecule has 1 aromatic carbocycles. The number of carbonyl (C=O) groups excluding carboxylic acids is 1. The molecule has 1 N–H and O–H groups in total. The van der Waals surface area contributed by atoms with Crippen molar-refractivity contribution in [2.75, 3.05) is 6.54 Å². The van der Waals surface area contributed by atoms with Gasteiger partial charge in [0.25, 0.3) is 5.91 Å². The van der Waals surface area contributed by atoms with Crippen LogP contribution in [0, 0.1) is 6.92 Å². The Balaban J connectivity index is 2.28. The van der Waals surface area contributed by atoms with E-state index in [0.29, 0.717) is 30.0 Å². The third-order valence-corrected chi connectivity index (χ3v) is 3.47. The molecule has 0 saturated carbocycles. The molecule has 4 nitrogen and oxygen atoms in total. The molecule has 96 valence electrons. The Hall–Kier alpha value is -1.55. The molecule has 0 unspecified atom stereocenters. The SMILES string of the molecule is Cc1ccc(C(=O)N2CCC[C@@H]2C(=O)O)c(Cl)c1. The first kappa shape index (κ1) is 12.9. The molecule has 0 spiro atoms. The van der Waals surface area contributed by atoms with Crippen molar-refractivity contribution >= 4 is 23.5 Å². The van der Waals surface area contributed by atoms with Crippen molar-refractivity contribution in [1.29, 1.82) is 0 Å². The summed E-state index contributed by atoms with van der Waals surface area (Å²) in [4.78, 5) is 24.7. The summed E-state index contributed by atoms with van der Waals surface area (Å²) in [5.74, 6) is -1.26. The Morgan fingerprint density at radius 2 is 2.17 bits per heavy atom. The van der Waals surface area contributed by atoms with E-state index in [0.717, 1.165) is 5.56 Å². The minimum Gasteiger partial charge on any atom is -0.480 e. The summed E-state index contributed by atoms with van der Waals surface area (Å²) < 4.78 is 0. The lowest BCUT2D eigenvalue weighted by atomic mass is 10.1. The first-order chi connectivity index (χ1) is 8.50. The Morgan fingerprint density at radius 3 is 2.78 bits per heavy atom. The summed E-state index contributed by atoms with van der Waals surface area (Å²) in [5, 5.41) is 9.44. The Labute approximate surface area is 110 Å². The van der Waals surface area contributed by atoms with Gasteiger partial charge >= 0.3 is 5.97 Å². The molecular formula is C13H14ClNO3. The second-order valence-electron chi connectivity index (χ2n) is 4.48. The minimum atomic E-state index is -0.955. The molecule has 0 aromatic heterocycles. The van der Waals surface area contributed by atoms with Gasteiger partial charge in [0.15, 0.2) is 0 Å². The third kappa shape index (κ3) is 2.34. The van der Waals surface area contributed by atoms with Gasteiger partial charge in [0.1, 0.15) is 6.04 Å². The molecule has 1 aliphatic heterocycles. The molecule has 1 amide bonds. The number of aryl methyl sites for hydroxylation is 1. The second-order valence-corrected chi connectivity index (χ2v) is 4.89. The van der Waals surface area contributed by atoms with E-state index in [1.165, 1.54) is 4.90 Å². The van der Waals surface area contributed by atoms with Crippen LogP contribution >= 0.6 is 11.6 Å². The lowest BCUT2D eigenvalue weighted by molar-refractivity contribution is -0.141. The number of likely N-dealkylation sites (tertiary alicyclic amines) is 1. The topological polar surface area (TPSA) is 57.6 Å². The molecule has 0 radical (unpaired) electrons. The first-order valence-corrected chi connectivity index (χ1v) is 6.18. The Bertz CT molecular complexity index is 501. The van der Waals surface area contributed by atoms with Crippen molar-refractivity contribution in [2.45, 2.75) is 25.8 Å². The number of benzene rings is 1. The summed E-state index contributed by atoms with van der Waals surface area (Å²) in [6.07, 6.45) is 1.22. The monoisotopic (exact) mass is 267 g/mol. The predicted octanol–water partition coefficient (Wildman–Crippen LogP) is 2.34. The van der Waals surface area contributed by atoms with Gasteiger partial charge in [-0.3, -0.25) is 4.79 Å². The van der Waals surface area contributed by atoms with Crippen molar-refractivity contribution in [3.05, 3.63) is 34.3 Å². The highest BCUT2D eigenvalue weighted by atomic mass is 35.5. The van der Waals surface area contributed by atoms with Gasteiger partial charge < -0.3 is 10.0 Å². The van der Waals surface area contributed by atoms with Gasteiger partial charge in [0, 0.05) is 6.54 Å². The molecular weight excluding hydrogens is 254 g/mol. The molecule has 0 aliphatic carbocycles. The van der Waals surface area contributed by atoms with Crippen molar-refractivity contribution in [3.8, 4) is 0 Å². The van der Waals surface area contributed by atoms with Crippen molar-refractivity contribution in [1.82, 2.24) is 4.90 Å². The Kier molecular flexibility index (Phi) is 3.57. The van der Waals surface area contributed by atoms with E-state index in [4.69, 9.17) is 16.7 Å². The number of rotatable bonds is 2. The summed E-state index contributed by atoms with van der Waals surface area (Å²) >= 11 is 6.04. The van der Waals surface area contributed by atoms with Crippen LogP contribution < -0.4 is 0 Å². The standard InChI is InChI=1S/C13H14ClNO3/c1-8-4-5-9(10(14)7-8)12(16)15-6-2-3-11(15)13(17)18/h4-5,7,11H,2-3,6H2,1H3,(H,17,18)/t11-/m1/s1. The van der Waals surface area contributed by atoms with Gasteiger partial charge in [-0.05, 0) is 37.5 Å². The number of amides is 1. The predicted molar refractivity (Wildman–Crippen MR) is 67.9 cm³/mol. The summed E-state index contributed by atoms with van der Waals surface area (Å²) in [6.45, 7) is 2.36. The fourth-order valence-electron chi connectivity index (χ4n) is 2.21. The van der Waals surface area contributed by atoms with E-state index in [-0.39, 0.29) is 5.91 Å². The van der Waals surface area contributed by atoms with Gasteiger partial charge in [-0.1, -0.05) is 17.7 Å². The first-order valence-electron chi connectivity index (χ1n) is 5.80. The van der Waals surface area contributed by atoms with Crippen molar-refractivity contribution in [2.24, 2.45) is 0 Å². The van der Waals surface area contributed by atoms with Gasteiger partial charge in [-0.2, -0.15) is 0 Å². The van der Waals surface area contributed by atoms with Crippen LogP contribution in [0.15, 0.2) is 18.2 Å². The maximum absolute atomic E-state index is 12.3. The van der Waals surface area contributed by atoms with Gasteiger partial charge in [0.05, 0.1) is 10.6 Å². The van der Waals surface area contributed by atoms with E-state index in [1.54, 1.807) is 18.2 Å². The van der Waals surface area contributed by atoms with Gasteiger partial charge in [-0.15, -0.1) is 0 Å². The Morgan fingerprint density at radius 1 is 1.44 bits per heavy atom. The molecule has 1 aromatic rings. The number of aliphatic carboxylic acids is 1. The van der Waals surface area contributed by atoms with Crippen LogP contribution in [0.4, 0.5) is 0 Å². The van der Waals surface area contributed by atoms with Crippen LogP contribution in [0.25, 0.3) is 0 Å². The lowest BCUT2D eigenvalue weighted by Gasteiger charge is -2.22. The van der Waals surface area contributed by atoms with Gasteiger partial charge in [-0.25, -0.2) is 4.79 Å². The summed E-state index contributed by atoms with van der Waals surface area (Å²) in [5.41, 5.74) is 1.34. The number of halogens is 1. The highest BCUT2D eigenvalue weighted by molar-refractivity contribution is 6.34. The van der Waals surface area contributed by atoms with Crippen LogP contribution in [-0.2, 0) is 4.79 Å². The fourth-order valence-corrected chi connectivity index (χ4v) is 2.53. The molecule has 5 heteroatoms. The van der Waals surface area contributed by atoms with Crippen LogP contribution in [0.5, 0.6) is 0 Å². The zero-order valence-electron chi connectivity index (χ0n) is 10.0. The van der Waals surface area contributed by atoms with Crippen LogP contribution in [0.3, 0.4) is 0 Å². The minimum absolute atomic E-state index is 0.301. The third-order valence-electron chi connectivity index (χ3n) is 3.15. The van der Waals surface area contributed by atoms with Gasteiger partial charge in [0.2, 0.25) is 0 Å². The van der Waals surface area contributed by atoms with E-state index < -0.39 is 12.0 Å².